The number of amides is 2. The molecule has 2 aliphatic rings. The molecule has 2 amide bonds. The minimum atomic E-state index is -0.221. The monoisotopic (exact) mass is 359 g/mol. The van der Waals surface area contributed by atoms with Gasteiger partial charge in [0.2, 0.25) is 11.8 Å². The van der Waals surface area contributed by atoms with E-state index in [2.05, 4.69) is 10.3 Å². The maximum absolute atomic E-state index is 12.4. The number of anilines is 1. The first kappa shape index (κ1) is 18.7. The van der Waals surface area contributed by atoms with Crippen LogP contribution in [-0.2, 0) is 9.59 Å². The highest BCUT2D eigenvalue weighted by Crippen LogP contribution is 2.27. The van der Waals surface area contributed by atoms with Crippen LogP contribution in [0, 0.1) is 5.92 Å². The summed E-state index contributed by atoms with van der Waals surface area (Å²) in [5.74, 6) is 1.47. The van der Waals surface area contributed by atoms with E-state index in [1.807, 2.05) is 12.1 Å². The van der Waals surface area contributed by atoms with Gasteiger partial charge in [0, 0.05) is 19.2 Å². The van der Waals surface area contributed by atoms with E-state index in [4.69, 9.17) is 4.74 Å². The van der Waals surface area contributed by atoms with E-state index in [-0.39, 0.29) is 18.4 Å². The molecule has 26 heavy (non-hydrogen) atoms. The van der Waals surface area contributed by atoms with Gasteiger partial charge in [-0.05, 0) is 43.7 Å². The molecule has 0 atom stereocenters. The predicted octanol–water partition coefficient (Wildman–Crippen LogP) is 3.38. The number of hydrogen-bond donors (Lipinski definition) is 1. The number of likely N-dealkylation sites (tertiary alicyclic amines) is 1. The number of nitrogens with one attached hydrogen (secondary N) is 1. The van der Waals surface area contributed by atoms with Crippen molar-refractivity contribution >= 4 is 17.6 Å². The average molecular weight is 359 g/mol. The van der Waals surface area contributed by atoms with Crippen LogP contribution in [0.4, 0.5) is 5.82 Å². The summed E-state index contributed by atoms with van der Waals surface area (Å²) in [6, 6.07) is 3.65. The molecule has 1 saturated carbocycles. The number of carbonyl (C=O) groups excluding carboxylic acids is 2. The maximum Gasteiger partial charge on any atom is 0.245 e. The van der Waals surface area contributed by atoms with Gasteiger partial charge in [0.15, 0.2) is 11.6 Å². The third kappa shape index (κ3) is 5.44. The summed E-state index contributed by atoms with van der Waals surface area (Å²) in [4.78, 5) is 30.3. The lowest BCUT2D eigenvalue weighted by Gasteiger charge is -2.22. The summed E-state index contributed by atoms with van der Waals surface area (Å²) in [6.07, 6.45) is 11.4. The molecule has 2 fully saturated rings. The van der Waals surface area contributed by atoms with E-state index >= 15 is 0 Å². The second kappa shape index (κ2) is 9.55. The van der Waals surface area contributed by atoms with Crippen LogP contribution in [0.3, 0.4) is 0 Å². The molecule has 3 rings (SSSR count). The number of ether oxygens (including phenoxy) is 1. The van der Waals surface area contributed by atoms with Crippen molar-refractivity contribution in [1.82, 2.24) is 9.88 Å². The van der Waals surface area contributed by atoms with Gasteiger partial charge in [-0.1, -0.05) is 25.7 Å². The molecule has 1 aliphatic heterocycles. The fourth-order valence-electron chi connectivity index (χ4n) is 3.71. The predicted molar refractivity (Wildman–Crippen MR) is 100.0 cm³/mol. The molecule has 0 bridgehead atoms. The number of hydrogen-bond acceptors (Lipinski definition) is 4. The topological polar surface area (TPSA) is 71.5 Å². The zero-order valence-corrected chi connectivity index (χ0v) is 15.4. The molecule has 6 nitrogen and oxygen atoms in total. The van der Waals surface area contributed by atoms with Crippen molar-refractivity contribution in [2.24, 2.45) is 5.92 Å². The van der Waals surface area contributed by atoms with Gasteiger partial charge >= 0.3 is 0 Å². The number of carbonyl (C=O) groups is 2. The van der Waals surface area contributed by atoms with Gasteiger partial charge in [0.25, 0.3) is 0 Å². The van der Waals surface area contributed by atoms with Crippen LogP contribution in [0.5, 0.6) is 5.75 Å². The summed E-state index contributed by atoms with van der Waals surface area (Å²) in [5.41, 5.74) is 0. The normalized spacial score (nSPS) is 19.1. The Morgan fingerprint density at radius 1 is 1.19 bits per heavy atom. The molecular formula is C20H29N3O3. The Hall–Kier alpha value is -2.11. The van der Waals surface area contributed by atoms with Crippen molar-refractivity contribution in [3.8, 4) is 5.75 Å². The van der Waals surface area contributed by atoms with E-state index in [0.717, 1.165) is 19.3 Å². The first-order chi connectivity index (χ1) is 12.7. The van der Waals surface area contributed by atoms with E-state index in [0.29, 0.717) is 37.1 Å². The molecule has 1 saturated heterocycles. The standard InChI is InChI=1S/C20H29N3O3/c24-18(14-23-13-6-2-5-11-19(23)25)22-20-17(10-7-12-21-20)26-15-16-8-3-1-4-9-16/h7,10,12,16H,1-6,8-9,11,13-15H2,(H,21,22,24). The lowest BCUT2D eigenvalue weighted by atomic mass is 9.90. The van der Waals surface area contributed by atoms with Crippen LogP contribution in [0.25, 0.3) is 0 Å². The van der Waals surface area contributed by atoms with E-state index in [9.17, 15) is 9.59 Å². The molecule has 142 valence electrons. The third-order valence-electron chi connectivity index (χ3n) is 5.23. The fraction of sp³-hybridized carbons (Fsp3) is 0.650. The lowest BCUT2D eigenvalue weighted by molar-refractivity contribution is -0.134. The molecule has 1 aliphatic carbocycles. The smallest absolute Gasteiger partial charge is 0.245 e. The second-order valence-corrected chi connectivity index (χ2v) is 7.34. The Bertz CT molecular complexity index is 614. The first-order valence-corrected chi connectivity index (χ1v) is 9.88. The molecule has 2 heterocycles. The molecule has 1 aromatic heterocycles. The summed E-state index contributed by atoms with van der Waals surface area (Å²) in [5, 5.41) is 2.82. The Morgan fingerprint density at radius 3 is 2.85 bits per heavy atom. The Morgan fingerprint density at radius 2 is 2.00 bits per heavy atom. The molecule has 1 N–H and O–H groups in total. The number of pyridine rings is 1. The van der Waals surface area contributed by atoms with Crippen molar-refractivity contribution in [3.63, 3.8) is 0 Å². The number of rotatable bonds is 6. The van der Waals surface area contributed by atoms with Crippen LogP contribution in [0.2, 0.25) is 0 Å². The molecule has 0 unspecified atom stereocenters. The second-order valence-electron chi connectivity index (χ2n) is 7.34. The highest BCUT2D eigenvalue weighted by Gasteiger charge is 2.20. The minimum absolute atomic E-state index is 0.0624. The SMILES string of the molecule is O=C(CN1CCCCCC1=O)Nc1ncccc1OCC1CCCCC1. The summed E-state index contributed by atoms with van der Waals surface area (Å²) in [7, 11) is 0. The van der Waals surface area contributed by atoms with Gasteiger partial charge in [-0.15, -0.1) is 0 Å². The number of aromatic nitrogens is 1. The fourth-order valence-corrected chi connectivity index (χ4v) is 3.71. The highest BCUT2D eigenvalue weighted by atomic mass is 16.5. The summed E-state index contributed by atoms with van der Waals surface area (Å²) in [6.45, 7) is 1.40. The molecule has 0 spiro atoms. The zero-order valence-electron chi connectivity index (χ0n) is 15.4. The van der Waals surface area contributed by atoms with Crippen LogP contribution in [0.15, 0.2) is 18.3 Å². The van der Waals surface area contributed by atoms with Gasteiger partial charge in [0.05, 0.1) is 13.2 Å². The van der Waals surface area contributed by atoms with E-state index < -0.39 is 0 Å². The third-order valence-corrected chi connectivity index (χ3v) is 5.23. The van der Waals surface area contributed by atoms with Crippen LogP contribution >= 0.6 is 0 Å². The van der Waals surface area contributed by atoms with E-state index in [1.54, 1.807) is 11.1 Å². The van der Waals surface area contributed by atoms with Gasteiger partial charge < -0.3 is 15.0 Å². The highest BCUT2D eigenvalue weighted by molar-refractivity contribution is 5.94. The Balaban J connectivity index is 1.54. The Labute approximate surface area is 155 Å². The number of nitrogens with zero attached hydrogens (tertiary/aromatic N) is 2. The molecule has 0 aromatic carbocycles. The van der Waals surface area contributed by atoms with Crippen LogP contribution in [0.1, 0.15) is 57.8 Å². The lowest BCUT2D eigenvalue weighted by Crippen LogP contribution is -2.37. The zero-order chi connectivity index (χ0) is 18.2. The minimum Gasteiger partial charge on any atom is -0.489 e. The summed E-state index contributed by atoms with van der Waals surface area (Å²) >= 11 is 0. The van der Waals surface area contributed by atoms with Crippen molar-refractivity contribution in [2.75, 3.05) is 25.0 Å². The summed E-state index contributed by atoms with van der Waals surface area (Å²) < 4.78 is 5.95. The Kier molecular flexibility index (Phi) is 6.86. The van der Waals surface area contributed by atoms with Crippen LogP contribution < -0.4 is 10.1 Å². The molecule has 0 radical (unpaired) electrons. The van der Waals surface area contributed by atoms with E-state index in [1.165, 1.54) is 32.1 Å². The quantitative estimate of drug-likeness (QED) is 0.845. The van der Waals surface area contributed by atoms with Crippen molar-refractivity contribution in [3.05, 3.63) is 18.3 Å². The van der Waals surface area contributed by atoms with Crippen molar-refractivity contribution in [1.29, 1.82) is 0 Å². The maximum atomic E-state index is 12.4. The first-order valence-electron chi connectivity index (χ1n) is 9.88. The van der Waals surface area contributed by atoms with Gasteiger partial charge in [-0.25, -0.2) is 4.98 Å². The van der Waals surface area contributed by atoms with Crippen molar-refractivity contribution < 1.29 is 14.3 Å². The molecule has 1 aromatic rings. The molecular weight excluding hydrogens is 330 g/mol. The van der Waals surface area contributed by atoms with Crippen molar-refractivity contribution in [2.45, 2.75) is 57.8 Å². The van der Waals surface area contributed by atoms with Gasteiger partial charge in [-0.2, -0.15) is 0 Å². The largest absolute Gasteiger partial charge is 0.489 e. The average Bonchev–Trinajstić information content (AvgIpc) is 2.86. The van der Waals surface area contributed by atoms with Crippen LogP contribution in [-0.4, -0.2) is 41.4 Å². The van der Waals surface area contributed by atoms with Gasteiger partial charge in [0.1, 0.15) is 0 Å². The van der Waals surface area contributed by atoms with Gasteiger partial charge in [-0.3, -0.25) is 9.59 Å². The molecule has 6 heteroatoms.